The molecule has 3 heteroatoms. The van der Waals surface area contributed by atoms with Crippen molar-refractivity contribution in [2.75, 3.05) is 26.2 Å². The zero-order valence-corrected chi connectivity index (χ0v) is 12.5. The molecule has 0 radical (unpaired) electrons. The van der Waals surface area contributed by atoms with Crippen LogP contribution in [0.1, 0.15) is 34.1 Å². The average molecular weight is 322 g/mol. The lowest BCUT2D eigenvalue weighted by Gasteiger charge is -2.50. The van der Waals surface area contributed by atoms with Crippen LogP contribution < -0.4 is 0 Å². The van der Waals surface area contributed by atoms with E-state index in [2.05, 4.69) is 60.1 Å². The Kier molecular flexibility index (Phi) is 3.10. The molecule has 0 aromatic carbocycles. The lowest BCUT2D eigenvalue weighted by Crippen LogP contribution is -2.59. The van der Waals surface area contributed by atoms with Crippen molar-refractivity contribution in [2.45, 2.75) is 43.7 Å². The summed E-state index contributed by atoms with van der Waals surface area (Å²) in [6, 6.07) is 0. The molecular formula is C12H23IN2. The highest BCUT2D eigenvalue weighted by molar-refractivity contribution is 14.1. The second-order valence-electron chi connectivity index (χ2n) is 6.32. The van der Waals surface area contributed by atoms with E-state index in [0.29, 0.717) is 15.0 Å². The van der Waals surface area contributed by atoms with Gasteiger partial charge in [0.2, 0.25) is 0 Å². The zero-order chi connectivity index (χ0) is 11.3. The van der Waals surface area contributed by atoms with E-state index in [0.717, 1.165) is 0 Å². The van der Waals surface area contributed by atoms with E-state index < -0.39 is 0 Å². The van der Waals surface area contributed by atoms with Gasteiger partial charge < -0.3 is 0 Å². The summed E-state index contributed by atoms with van der Waals surface area (Å²) in [6.45, 7) is 14.6. The van der Waals surface area contributed by atoms with Crippen LogP contribution in [-0.4, -0.2) is 45.6 Å². The predicted octanol–water partition coefficient (Wildman–Crippen LogP) is 2.57. The summed E-state index contributed by atoms with van der Waals surface area (Å²) in [5.41, 5.74) is 1.01. The van der Waals surface area contributed by atoms with Gasteiger partial charge in [-0.2, -0.15) is 0 Å². The average Bonchev–Trinajstić information content (AvgIpc) is 2.43. The molecule has 0 aromatic rings. The third-order valence-electron chi connectivity index (χ3n) is 3.97. The number of hydrogen-bond acceptors (Lipinski definition) is 2. The fraction of sp³-hybridized carbons (Fsp3) is 1.00. The summed E-state index contributed by atoms with van der Waals surface area (Å²) in [5, 5.41) is 0. The fourth-order valence-corrected chi connectivity index (χ4v) is 3.23. The van der Waals surface area contributed by atoms with Crippen LogP contribution in [-0.2, 0) is 0 Å². The molecule has 0 aromatic heterocycles. The number of hydrogen-bond donors (Lipinski definition) is 0. The van der Waals surface area contributed by atoms with E-state index in [-0.39, 0.29) is 0 Å². The highest BCUT2D eigenvalue weighted by Gasteiger charge is 2.49. The number of halogens is 1. The maximum Gasteiger partial charge on any atom is 0.0590 e. The largest absolute Gasteiger partial charge is 0.298 e. The molecule has 15 heavy (non-hydrogen) atoms. The van der Waals surface area contributed by atoms with Crippen molar-refractivity contribution in [3.05, 3.63) is 0 Å². The first-order valence-corrected chi connectivity index (χ1v) is 7.20. The SMILES string of the molecule is CC(I)N1CC2(CCN(C(C)(C)C)C2)C1. The highest BCUT2D eigenvalue weighted by atomic mass is 127. The fourth-order valence-electron chi connectivity index (χ4n) is 2.83. The maximum atomic E-state index is 2.65. The van der Waals surface area contributed by atoms with Gasteiger partial charge in [-0.3, -0.25) is 9.80 Å². The van der Waals surface area contributed by atoms with E-state index in [1.807, 2.05) is 0 Å². The third-order valence-corrected chi connectivity index (χ3v) is 4.75. The van der Waals surface area contributed by atoms with Crippen molar-refractivity contribution in [3.8, 4) is 0 Å². The summed E-state index contributed by atoms with van der Waals surface area (Å²) in [4.78, 5) is 5.24. The lowest BCUT2D eigenvalue weighted by molar-refractivity contribution is 0.0000889. The minimum atomic E-state index is 0.361. The lowest BCUT2D eigenvalue weighted by atomic mass is 9.79. The van der Waals surface area contributed by atoms with Gasteiger partial charge in [-0.15, -0.1) is 0 Å². The molecule has 0 aliphatic carbocycles. The normalized spacial score (nSPS) is 29.4. The molecule has 2 rings (SSSR count). The smallest absolute Gasteiger partial charge is 0.0590 e. The summed E-state index contributed by atoms with van der Waals surface area (Å²) in [6.07, 6.45) is 1.41. The van der Waals surface area contributed by atoms with Crippen LogP contribution in [0, 0.1) is 5.41 Å². The van der Waals surface area contributed by atoms with Gasteiger partial charge in [-0.25, -0.2) is 0 Å². The second kappa shape index (κ2) is 3.84. The van der Waals surface area contributed by atoms with Crippen molar-refractivity contribution in [2.24, 2.45) is 5.41 Å². The first-order valence-electron chi connectivity index (χ1n) is 5.96. The van der Waals surface area contributed by atoms with Gasteiger partial charge in [0.05, 0.1) is 4.05 Å². The molecule has 2 aliphatic heterocycles. The Morgan fingerprint density at radius 1 is 1.20 bits per heavy atom. The van der Waals surface area contributed by atoms with Crippen molar-refractivity contribution < 1.29 is 0 Å². The number of rotatable bonds is 1. The van der Waals surface area contributed by atoms with Gasteiger partial charge in [0.1, 0.15) is 0 Å². The summed E-state index contributed by atoms with van der Waals surface area (Å²) < 4.78 is 0.705. The van der Waals surface area contributed by atoms with Gasteiger partial charge in [-0.05, 0) is 40.7 Å². The van der Waals surface area contributed by atoms with Crippen molar-refractivity contribution in [3.63, 3.8) is 0 Å². The topological polar surface area (TPSA) is 6.48 Å². The zero-order valence-electron chi connectivity index (χ0n) is 10.4. The van der Waals surface area contributed by atoms with Gasteiger partial charge in [0.25, 0.3) is 0 Å². The Balaban J connectivity index is 1.90. The predicted molar refractivity (Wildman–Crippen MR) is 73.4 cm³/mol. The molecule has 1 unspecified atom stereocenters. The molecule has 0 bridgehead atoms. The Morgan fingerprint density at radius 3 is 2.20 bits per heavy atom. The van der Waals surface area contributed by atoms with E-state index in [1.54, 1.807) is 0 Å². The first-order chi connectivity index (χ1) is 6.82. The molecule has 0 amide bonds. The van der Waals surface area contributed by atoms with Crippen LogP contribution in [0.3, 0.4) is 0 Å². The molecule has 0 saturated carbocycles. The minimum Gasteiger partial charge on any atom is -0.298 e. The van der Waals surface area contributed by atoms with Crippen LogP contribution in [0.25, 0.3) is 0 Å². The molecular weight excluding hydrogens is 299 g/mol. The van der Waals surface area contributed by atoms with Crippen molar-refractivity contribution in [1.82, 2.24) is 9.80 Å². The maximum absolute atomic E-state index is 2.65. The minimum absolute atomic E-state index is 0.361. The Bertz CT molecular complexity index is 238. The van der Waals surface area contributed by atoms with Crippen LogP contribution in [0.15, 0.2) is 0 Å². The number of nitrogens with zero attached hydrogens (tertiary/aromatic N) is 2. The molecule has 0 N–H and O–H groups in total. The van der Waals surface area contributed by atoms with E-state index >= 15 is 0 Å². The highest BCUT2D eigenvalue weighted by Crippen LogP contribution is 2.43. The van der Waals surface area contributed by atoms with Gasteiger partial charge in [0.15, 0.2) is 0 Å². The van der Waals surface area contributed by atoms with E-state index in [1.165, 1.54) is 32.6 Å². The van der Waals surface area contributed by atoms with Gasteiger partial charge in [0, 0.05) is 30.6 Å². The Morgan fingerprint density at radius 2 is 1.80 bits per heavy atom. The first kappa shape index (κ1) is 12.1. The van der Waals surface area contributed by atoms with Gasteiger partial charge in [-0.1, -0.05) is 22.6 Å². The second-order valence-corrected chi connectivity index (χ2v) is 8.12. The van der Waals surface area contributed by atoms with Crippen molar-refractivity contribution >= 4 is 22.6 Å². The molecule has 2 fully saturated rings. The van der Waals surface area contributed by atoms with Crippen LogP contribution in [0.4, 0.5) is 0 Å². The van der Waals surface area contributed by atoms with Crippen LogP contribution >= 0.6 is 22.6 Å². The summed E-state index contributed by atoms with van der Waals surface area (Å²) >= 11 is 2.52. The molecule has 2 nitrogen and oxygen atoms in total. The summed E-state index contributed by atoms with van der Waals surface area (Å²) in [5.74, 6) is 0. The van der Waals surface area contributed by atoms with E-state index in [9.17, 15) is 0 Å². The van der Waals surface area contributed by atoms with E-state index in [4.69, 9.17) is 0 Å². The monoisotopic (exact) mass is 322 g/mol. The molecule has 1 spiro atoms. The molecule has 1 atom stereocenters. The molecule has 2 aliphatic rings. The number of alkyl halides is 1. The van der Waals surface area contributed by atoms with Crippen molar-refractivity contribution in [1.29, 1.82) is 0 Å². The van der Waals surface area contributed by atoms with Gasteiger partial charge >= 0.3 is 0 Å². The quantitative estimate of drug-likeness (QED) is 0.416. The standard InChI is InChI=1S/C12H23IN2/c1-10(13)14-7-12(8-14)5-6-15(9-12)11(2,3)4/h10H,5-9H2,1-4H3. The molecule has 2 saturated heterocycles. The van der Waals surface area contributed by atoms with Crippen LogP contribution in [0.5, 0.6) is 0 Å². The molecule has 2 heterocycles. The Hall–Kier alpha value is 0.650. The Labute approximate surface area is 108 Å². The summed E-state index contributed by atoms with van der Waals surface area (Å²) in [7, 11) is 0. The third kappa shape index (κ3) is 2.34. The number of likely N-dealkylation sites (tertiary alicyclic amines) is 2. The van der Waals surface area contributed by atoms with Crippen LogP contribution in [0.2, 0.25) is 0 Å². The molecule has 88 valence electrons.